The largest absolute Gasteiger partial charge is 0.389 e. The van der Waals surface area contributed by atoms with Gasteiger partial charge in [-0.3, -0.25) is 0 Å². The number of allylic oxidation sites excluding steroid dienone is 1. The summed E-state index contributed by atoms with van der Waals surface area (Å²) in [6, 6.07) is 0. The minimum absolute atomic E-state index is 0.213. The van der Waals surface area contributed by atoms with Gasteiger partial charge in [0, 0.05) is 7.11 Å². The molecule has 1 N–H and O–H groups in total. The molecular weight excluding hydrogens is 392 g/mol. The molecule has 0 saturated heterocycles. The van der Waals surface area contributed by atoms with Gasteiger partial charge in [-0.25, -0.2) is 0 Å². The van der Waals surface area contributed by atoms with Crippen molar-refractivity contribution in [1.29, 1.82) is 0 Å². The molecule has 0 radical (unpaired) electrons. The highest BCUT2D eigenvalue weighted by molar-refractivity contribution is 5.39. The molecule has 2 unspecified atom stereocenters. The Morgan fingerprint density at radius 2 is 1.75 bits per heavy atom. The molecule has 3 fully saturated rings. The van der Waals surface area contributed by atoms with Gasteiger partial charge in [-0.2, -0.15) is 0 Å². The highest BCUT2D eigenvalue weighted by atomic mass is 16.5. The van der Waals surface area contributed by atoms with Crippen LogP contribution in [0.15, 0.2) is 23.3 Å². The standard InChI is InChI=1S/C30H50O2/c1-18(2)19(3)9-10-20(4)22-11-12-23-28-24(13-15-29(22,23)6)30(7)16-14-26(31)21(5)25(30)17-27(28)32-8/h18-20,22,24-27,31H,5,9-17H2,1-4,6-8H3/t19-,20-,22-,24?,25?,26+,27-,29-,30-/m1/s1. The number of methoxy groups -OCH3 is 1. The first-order valence-electron chi connectivity index (χ1n) is 13.7. The highest BCUT2D eigenvalue weighted by Gasteiger charge is 2.58. The maximum Gasteiger partial charge on any atom is 0.0792 e. The molecule has 0 aromatic carbocycles. The minimum Gasteiger partial charge on any atom is -0.389 e. The van der Waals surface area contributed by atoms with Crippen LogP contribution in [0.5, 0.6) is 0 Å². The molecule has 0 bridgehead atoms. The molecule has 2 nitrogen and oxygen atoms in total. The molecular formula is C30H50O2. The average Bonchev–Trinajstić information content (AvgIpc) is 3.11. The molecule has 0 aromatic rings. The van der Waals surface area contributed by atoms with Gasteiger partial charge in [0.1, 0.15) is 0 Å². The maximum absolute atomic E-state index is 10.5. The zero-order valence-corrected chi connectivity index (χ0v) is 22.0. The number of hydrogen-bond donors (Lipinski definition) is 1. The Hall–Kier alpha value is -0.600. The van der Waals surface area contributed by atoms with Crippen LogP contribution in [0.25, 0.3) is 0 Å². The zero-order chi connectivity index (χ0) is 23.4. The van der Waals surface area contributed by atoms with E-state index in [1.807, 2.05) is 7.11 Å². The first-order chi connectivity index (χ1) is 15.0. The molecule has 4 rings (SSSR count). The van der Waals surface area contributed by atoms with Crippen molar-refractivity contribution in [3.8, 4) is 0 Å². The van der Waals surface area contributed by atoms with Crippen molar-refractivity contribution in [2.24, 2.45) is 46.3 Å². The monoisotopic (exact) mass is 442 g/mol. The van der Waals surface area contributed by atoms with E-state index in [-0.39, 0.29) is 17.6 Å². The fourth-order valence-electron chi connectivity index (χ4n) is 8.69. The molecule has 4 aliphatic rings. The van der Waals surface area contributed by atoms with E-state index in [1.54, 1.807) is 11.1 Å². The van der Waals surface area contributed by atoms with Crippen LogP contribution in [0.4, 0.5) is 0 Å². The van der Waals surface area contributed by atoms with Crippen molar-refractivity contribution in [1.82, 2.24) is 0 Å². The number of fused-ring (bicyclic) bond motifs is 4. The average molecular weight is 443 g/mol. The summed E-state index contributed by atoms with van der Waals surface area (Å²) in [7, 11) is 1.91. The molecule has 182 valence electrons. The third-order valence-corrected chi connectivity index (χ3v) is 11.3. The summed E-state index contributed by atoms with van der Waals surface area (Å²) in [5.74, 6) is 4.22. The SMILES string of the molecule is C=C1C2C[C@@H](OC)C3=C4CC[C@H]([C@H](C)CC[C@@H](C)C(C)C)[C@@]4(C)CCC3[C@@]2(C)CC[C@@H]1O. The predicted octanol–water partition coefficient (Wildman–Crippen LogP) is 7.57. The van der Waals surface area contributed by atoms with Gasteiger partial charge in [0.05, 0.1) is 12.2 Å². The minimum atomic E-state index is -0.321. The quantitative estimate of drug-likeness (QED) is 0.430. The van der Waals surface area contributed by atoms with Crippen LogP contribution in [-0.2, 0) is 4.74 Å². The van der Waals surface area contributed by atoms with E-state index in [4.69, 9.17) is 4.74 Å². The van der Waals surface area contributed by atoms with Gasteiger partial charge in [-0.15, -0.1) is 0 Å². The van der Waals surface area contributed by atoms with E-state index < -0.39 is 0 Å². The molecule has 0 amide bonds. The topological polar surface area (TPSA) is 29.5 Å². The van der Waals surface area contributed by atoms with Gasteiger partial charge >= 0.3 is 0 Å². The van der Waals surface area contributed by atoms with Gasteiger partial charge < -0.3 is 9.84 Å². The Kier molecular flexibility index (Phi) is 6.80. The highest BCUT2D eigenvalue weighted by Crippen LogP contribution is 2.66. The molecule has 0 spiro atoms. The van der Waals surface area contributed by atoms with Crippen molar-refractivity contribution >= 4 is 0 Å². The lowest BCUT2D eigenvalue weighted by Gasteiger charge is -2.59. The van der Waals surface area contributed by atoms with Crippen molar-refractivity contribution < 1.29 is 9.84 Å². The van der Waals surface area contributed by atoms with E-state index in [0.29, 0.717) is 17.3 Å². The van der Waals surface area contributed by atoms with Crippen LogP contribution in [-0.4, -0.2) is 24.4 Å². The first kappa shape index (κ1) is 24.5. The fraction of sp³-hybridized carbons (Fsp3) is 0.867. The lowest BCUT2D eigenvalue weighted by Crippen LogP contribution is -2.53. The number of hydrogen-bond acceptors (Lipinski definition) is 2. The molecule has 0 aliphatic heterocycles. The van der Waals surface area contributed by atoms with Crippen LogP contribution in [0, 0.1) is 46.3 Å². The summed E-state index contributed by atoms with van der Waals surface area (Å²) in [5.41, 5.74) is 5.15. The van der Waals surface area contributed by atoms with Crippen LogP contribution < -0.4 is 0 Å². The molecule has 3 saturated carbocycles. The zero-order valence-electron chi connectivity index (χ0n) is 22.0. The van der Waals surface area contributed by atoms with Gasteiger partial charge in [0.2, 0.25) is 0 Å². The van der Waals surface area contributed by atoms with Crippen molar-refractivity contribution in [2.75, 3.05) is 7.11 Å². The molecule has 32 heavy (non-hydrogen) atoms. The van der Waals surface area contributed by atoms with Crippen LogP contribution in [0.3, 0.4) is 0 Å². The first-order valence-corrected chi connectivity index (χ1v) is 13.7. The smallest absolute Gasteiger partial charge is 0.0792 e. The molecule has 0 heterocycles. The molecule has 4 aliphatic carbocycles. The van der Waals surface area contributed by atoms with E-state index in [9.17, 15) is 5.11 Å². The summed E-state index contributed by atoms with van der Waals surface area (Å²) in [6.45, 7) is 19.2. The lowest BCUT2D eigenvalue weighted by atomic mass is 9.47. The summed E-state index contributed by atoms with van der Waals surface area (Å²) >= 11 is 0. The maximum atomic E-state index is 10.5. The van der Waals surface area contributed by atoms with Crippen LogP contribution >= 0.6 is 0 Å². The van der Waals surface area contributed by atoms with Crippen molar-refractivity contribution in [2.45, 2.75) is 112 Å². The third-order valence-electron chi connectivity index (χ3n) is 11.3. The number of ether oxygens (including phenoxy) is 1. The molecule has 0 aromatic heterocycles. The van der Waals surface area contributed by atoms with Gasteiger partial charge in [-0.05, 0) is 102 Å². The summed E-state index contributed by atoms with van der Waals surface area (Å²) < 4.78 is 6.21. The van der Waals surface area contributed by atoms with Crippen molar-refractivity contribution in [3.63, 3.8) is 0 Å². The predicted molar refractivity (Wildman–Crippen MR) is 134 cm³/mol. The van der Waals surface area contributed by atoms with E-state index in [2.05, 4.69) is 48.1 Å². The Morgan fingerprint density at radius 3 is 2.41 bits per heavy atom. The summed E-state index contributed by atoms with van der Waals surface area (Å²) in [6.07, 6.45) is 10.9. The fourth-order valence-corrected chi connectivity index (χ4v) is 8.69. The summed E-state index contributed by atoms with van der Waals surface area (Å²) in [5, 5.41) is 10.5. The second kappa shape index (κ2) is 8.88. The summed E-state index contributed by atoms with van der Waals surface area (Å²) in [4.78, 5) is 0. The van der Waals surface area contributed by atoms with Gasteiger partial charge in [-0.1, -0.05) is 66.5 Å². The Balaban J connectivity index is 1.63. The Labute approximate surface area is 198 Å². The van der Waals surface area contributed by atoms with E-state index in [0.717, 1.165) is 48.5 Å². The lowest BCUT2D eigenvalue weighted by molar-refractivity contribution is -0.0436. The van der Waals surface area contributed by atoms with E-state index in [1.165, 1.54) is 38.5 Å². The third kappa shape index (κ3) is 3.76. The molecule has 9 atom stereocenters. The number of aliphatic hydroxyl groups is 1. The Bertz CT molecular complexity index is 750. The molecule has 2 heteroatoms. The van der Waals surface area contributed by atoms with Crippen LogP contribution in [0.2, 0.25) is 0 Å². The Morgan fingerprint density at radius 1 is 1.03 bits per heavy atom. The van der Waals surface area contributed by atoms with Crippen molar-refractivity contribution in [3.05, 3.63) is 23.3 Å². The normalized spacial score (nSPS) is 43.7. The van der Waals surface area contributed by atoms with Gasteiger partial charge in [0.15, 0.2) is 0 Å². The second-order valence-electron chi connectivity index (χ2n) is 13.0. The number of aliphatic hydroxyl groups excluding tert-OH is 1. The van der Waals surface area contributed by atoms with E-state index >= 15 is 0 Å². The van der Waals surface area contributed by atoms with Gasteiger partial charge in [0.25, 0.3) is 0 Å². The van der Waals surface area contributed by atoms with Crippen LogP contribution in [0.1, 0.15) is 99.3 Å². The second-order valence-corrected chi connectivity index (χ2v) is 13.0. The number of rotatable bonds is 6.